The summed E-state index contributed by atoms with van der Waals surface area (Å²) in [6.07, 6.45) is 3.89. The van der Waals surface area contributed by atoms with Crippen LogP contribution in [0.5, 0.6) is 0 Å². The molecule has 0 unspecified atom stereocenters. The minimum Gasteiger partial charge on any atom is -0.315 e. The second-order valence-corrected chi connectivity index (χ2v) is 5.54. The van der Waals surface area contributed by atoms with Crippen molar-refractivity contribution in [1.82, 2.24) is 5.32 Å². The minimum absolute atomic E-state index is 0.264. The van der Waals surface area contributed by atoms with Crippen molar-refractivity contribution >= 4 is 9.84 Å². The van der Waals surface area contributed by atoms with Crippen molar-refractivity contribution in [2.75, 3.05) is 25.1 Å². The maximum Gasteiger partial charge on any atom is 0.148 e. The van der Waals surface area contributed by atoms with Crippen molar-refractivity contribution in [3.63, 3.8) is 0 Å². The molecule has 4 heteroatoms. The Hall–Kier alpha value is -0.0900. The molecule has 0 amide bonds. The van der Waals surface area contributed by atoms with Crippen LogP contribution in [0.25, 0.3) is 0 Å². The standard InChI is InChI=1S/C7H15NO2S/c1-11(9,10)5-4-8-6-7-2-3-7/h7-8H,2-6H2,1H3. The van der Waals surface area contributed by atoms with Gasteiger partial charge in [-0.3, -0.25) is 0 Å². The topological polar surface area (TPSA) is 46.2 Å². The molecular weight excluding hydrogens is 162 g/mol. The molecule has 11 heavy (non-hydrogen) atoms. The first-order valence-electron chi connectivity index (χ1n) is 3.96. The maximum atomic E-state index is 10.7. The van der Waals surface area contributed by atoms with Crippen LogP contribution in [0.2, 0.25) is 0 Å². The van der Waals surface area contributed by atoms with Gasteiger partial charge in [0, 0.05) is 12.8 Å². The molecule has 1 aliphatic carbocycles. The largest absolute Gasteiger partial charge is 0.315 e. The molecule has 0 spiro atoms. The normalized spacial score (nSPS) is 18.6. The third-order valence-corrected chi connectivity index (χ3v) is 2.73. The predicted octanol–water partition coefficient (Wildman–Crippen LogP) is 0.0306. The summed E-state index contributed by atoms with van der Waals surface area (Å²) in [6, 6.07) is 0. The molecule has 0 aromatic carbocycles. The number of nitrogens with one attached hydrogen (secondary N) is 1. The Labute approximate surface area is 68.1 Å². The van der Waals surface area contributed by atoms with Gasteiger partial charge in [-0.25, -0.2) is 8.42 Å². The summed E-state index contributed by atoms with van der Waals surface area (Å²) >= 11 is 0. The summed E-state index contributed by atoms with van der Waals surface area (Å²) < 4.78 is 21.3. The van der Waals surface area contributed by atoms with Gasteiger partial charge in [0.2, 0.25) is 0 Å². The van der Waals surface area contributed by atoms with Gasteiger partial charge < -0.3 is 5.32 Å². The highest BCUT2D eigenvalue weighted by molar-refractivity contribution is 7.90. The lowest BCUT2D eigenvalue weighted by atomic mass is 10.4. The number of rotatable bonds is 5. The van der Waals surface area contributed by atoms with Crippen molar-refractivity contribution in [2.24, 2.45) is 5.92 Å². The molecule has 1 saturated carbocycles. The molecule has 1 N–H and O–H groups in total. The van der Waals surface area contributed by atoms with E-state index in [1.54, 1.807) is 0 Å². The molecule has 1 aliphatic rings. The van der Waals surface area contributed by atoms with Crippen molar-refractivity contribution in [3.05, 3.63) is 0 Å². The quantitative estimate of drug-likeness (QED) is 0.603. The van der Waals surface area contributed by atoms with Gasteiger partial charge in [0.1, 0.15) is 9.84 Å². The second-order valence-electron chi connectivity index (χ2n) is 3.28. The highest BCUT2D eigenvalue weighted by Crippen LogP contribution is 2.27. The molecular formula is C7H15NO2S. The second kappa shape index (κ2) is 3.54. The number of hydrogen-bond donors (Lipinski definition) is 1. The molecule has 1 fully saturated rings. The third-order valence-electron chi connectivity index (χ3n) is 1.78. The van der Waals surface area contributed by atoms with Crippen LogP contribution in [-0.4, -0.2) is 33.5 Å². The van der Waals surface area contributed by atoms with E-state index in [9.17, 15) is 8.42 Å². The van der Waals surface area contributed by atoms with Gasteiger partial charge in [-0.15, -0.1) is 0 Å². The summed E-state index contributed by atoms with van der Waals surface area (Å²) in [7, 11) is -2.76. The molecule has 0 aliphatic heterocycles. The average molecular weight is 177 g/mol. The fraction of sp³-hybridized carbons (Fsp3) is 1.00. The highest BCUT2D eigenvalue weighted by Gasteiger charge is 2.20. The van der Waals surface area contributed by atoms with Gasteiger partial charge in [0.15, 0.2) is 0 Å². The first kappa shape index (κ1) is 9.00. The summed E-state index contributed by atoms with van der Waals surface area (Å²) in [5.74, 6) is 1.09. The zero-order valence-electron chi connectivity index (χ0n) is 6.84. The van der Waals surface area contributed by atoms with Crippen LogP contribution >= 0.6 is 0 Å². The Kier molecular flexibility index (Phi) is 2.90. The lowest BCUT2D eigenvalue weighted by molar-refractivity contribution is 0.593. The van der Waals surface area contributed by atoms with E-state index < -0.39 is 9.84 Å². The van der Waals surface area contributed by atoms with Crippen LogP contribution < -0.4 is 5.32 Å². The molecule has 3 nitrogen and oxygen atoms in total. The van der Waals surface area contributed by atoms with Gasteiger partial charge in [-0.05, 0) is 25.3 Å². The van der Waals surface area contributed by atoms with Crippen LogP contribution in [0.15, 0.2) is 0 Å². The van der Waals surface area contributed by atoms with E-state index in [0.717, 1.165) is 12.5 Å². The smallest absolute Gasteiger partial charge is 0.148 e. The Balaban J connectivity index is 1.95. The van der Waals surface area contributed by atoms with Crippen molar-refractivity contribution < 1.29 is 8.42 Å². The van der Waals surface area contributed by atoms with Crippen LogP contribution in [-0.2, 0) is 9.84 Å². The summed E-state index contributed by atoms with van der Waals surface area (Å²) in [6.45, 7) is 1.60. The monoisotopic (exact) mass is 177 g/mol. The molecule has 0 aromatic rings. The van der Waals surface area contributed by atoms with Gasteiger partial charge >= 0.3 is 0 Å². The van der Waals surface area contributed by atoms with Crippen LogP contribution in [0.3, 0.4) is 0 Å². The van der Waals surface area contributed by atoms with Crippen LogP contribution in [0.4, 0.5) is 0 Å². The Morgan fingerprint density at radius 3 is 2.55 bits per heavy atom. The van der Waals surface area contributed by atoms with E-state index in [2.05, 4.69) is 5.32 Å². The Morgan fingerprint density at radius 1 is 1.45 bits per heavy atom. The van der Waals surface area contributed by atoms with Gasteiger partial charge in [0.25, 0.3) is 0 Å². The van der Waals surface area contributed by atoms with E-state index >= 15 is 0 Å². The average Bonchev–Trinajstić information content (AvgIpc) is 2.60. The zero-order valence-corrected chi connectivity index (χ0v) is 7.65. The maximum absolute atomic E-state index is 10.7. The lowest BCUT2D eigenvalue weighted by Gasteiger charge is -2.00. The Bertz CT molecular complexity index is 206. The summed E-state index contributed by atoms with van der Waals surface area (Å²) in [5.41, 5.74) is 0. The van der Waals surface area contributed by atoms with Crippen LogP contribution in [0, 0.1) is 5.92 Å². The van der Waals surface area contributed by atoms with Crippen molar-refractivity contribution in [2.45, 2.75) is 12.8 Å². The van der Waals surface area contributed by atoms with E-state index in [1.807, 2.05) is 0 Å². The van der Waals surface area contributed by atoms with Gasteiger partial charge in [-0.2, -0.15) is 0 Å². The molecule has 0 bridgehead atoms. The highest BCUT2D eigenvalue weighted by atomic mass is 32.2. The minimum atomic E-state index is -2.76. The van der Waals surface area contributed by atoms with E-state index in [-0.39, 0.29) is 5.75 Å². The van der Waals surface area contributed by atoms with Crippen molar-refractivity contribution in [1.29, 1.82) is 0 Å². The van der Waals surface area contributed by atoms with Gasteiger partial charge in [-0.1, -0.05) is 0 Å². The first-order valence-corrected chi connectivity index (χ1v) is 6.02. The van der Waals surface area contributed by atoms with E-state index in [1.165, 1.54) is 19.1 Å². The third kappa shape index (κ3) is 5.21. The van der Waals surface area contributed by atoms with Gasteiger partial charge in [0.05, 0.1) is 5.75 Å². The Morgan fingerprint density at radius 2 is 2.09 bits per heavy atom. The number of sulfone groups is 1. The fourth-order valence-electron chi connectivity index (χ4n) is 0.886. The van der Waals surface area contributed by atoms with E-state index in [4.69, 9.17) is 0 Å². The predicted molar refractivity (Wildman–Crippen MR) is 45.3 cm³/mol. The van der Waals surface area contributed by atoms with Crippen LogP contribution in [0.1, 0.15) is 12.8 Å². The molecule has 0 atom stereocenters. The molecule has 0 saturated heterocycles. The van der Waals surface area contributed by atoms with E-state index in [0.29, 0.717) is 6.54 Å². The molecule has 0 radical (unpaired) electrons. The van der Waals surface area contributed by atoms with Crippen molar-refractivity contribution in [3.8, 4) is 0 Å². The molecule has 0 heterocycles. The fourth-order valence-corrected chi connectivity index (χ4v) is 1.40. The number of hydrogen-bond acceptors (Lipinski definition) is 3. The zero-order chi connectivity index (χ0) is 8.32. The summed E-state index contributed by atoms with van der Waals surface area (Å²) in [5, 5.41) is 3.12. The first-order chi connectivity index (χ1) is 5.08. The molecule has 1 rings (SSSR count). The lowest BCUT2D eigenvalue weighted by Crippen LogP contribution is -2.24. The SMILES string of the molecule is CS(=O)(=O)CCNCC1CC1. The molecule has 0 aromatic heterocycles. The summed E-state index contributed by atoms with van der Waals surface area (Å²) in [4.78, 5) is 0. The molecule has 66 valence electrons.